The highest BCUT2D eigenvalue weighted by molar-refractivity contribution is 5.87. The van der Waals surface area contributed by atoms with Gasteiger partial charge in [-0.3, -0.25) is 0 Å². The maximum atomic E-state index is 5.49. The molecule has 1 heterocycles. The van der Waals surface area contributed by atoms with Crippen LogP contribution in [0.4, 0.5) is 0 Å². The summed E-state index contributed by atoms with van der Waals surface area (Å²) in [6.07, 6.45) is 5.60. The van der Waals surface area contributed by atoms with Crippen molar-refractivity contribution in [2.24, 2.45) is 0 Å². The number of hydrogen-bond acceptors (Lipinski definition) is 5. The molecule has 0 aliphatic heterocycles. The lowest BCUT2D eigenvalue weighted by Crippen LogP contribution is -1.95. The minimum Gasteiger partial charge on any atom is -0.496 e. The number of fused-ring (bicyclic) bond motifs is 1. The molecule has 0 N–H and O–H groups in total. The largest absolute Gasteiger partial charge is 0.496 e. The van der Waals surface area contributed by atoms with E-state index in [1.165, 1.54) is 0 Å². The molecule has 0 amide bonds. The Bertz CT molecular complexity index is 883. The van der Waals surface area contributed by atoms with Crippen LogP contribution >= 0.6 is 0 Å². The lowest BCUT2D eigenvalue weighted by Gasteiger charge is -2.12. The van der Waals surface area contributed by atoms with E-state index in [0.29, 0.717) is 17.2 Å². The zero-order chi connectivity index (χ0) is 17.8. The molecule has 0 spiro atoms. The van der Waals surface area contributed by atoms with Crippen molar-refractivity contribution >= 4 is 23.1 Å². The van der Waals surface area contributed by atoms with Gasteiger partial charge in [-0.05, 0) is 41.5 Å². The second-order valence-corrected chi connectivity index (χ2v) is 5.35. The van der Waals surface area contributed by atoms with Crippen LogP contribution in [-0.4, -0.2) is 28.4 Å². The Morgan fingerprint density at radius 1 is 0.720 bits per heavy atom. The molecule has 130 valence electrons. The second-order valence-electron chi connectivity index (χ2n) is 5.35. The predicted octanol–water partition coefficient (Wildman–Crippen LogP) is 4.64. The van der Waals surface area contributed by atoms with Crippen LogP contribution in [0, 0.1) is 0 Å². The molecular weight excluding hydrogens is 320 g/mol. The van der Waals surface area contributed by atoms with Crippen molar-refractivity contribution in [1.82, 2.24) is 0 Å². The highest BCUT2D eigenvalue weighted by atomic mass is 16.5. The molecule has 25 heavy (non-hydrogen) atoms. The number of methoxy groups -OCH3 is 4. The van der Waals surface area contributed by atoms with Crippen molar-refractivity contribution in [3.8, 4) is 23.0 Å². The van der Waals surface area contributed by atoms with Crippen LogP contribution < -0.4 is 18.9 Å². The Morgan fingerprint density at radius 2 is 1.28 bits per heavy atom. The minimum absolute atomic E-state index is 0.570. The second kappa shape index (κ2) is 7.21. The van der Waals surface area contributed by atoms with E-state index < -0.39 is 0 Å². The van der Waals surface area contributed by atoms with E-state index in [0.717, 1.165) is 27.8 Å². The van der Waals surface area contributed by atoms with Gasteiger partial charge in [0.05, 0.1) is 40.1 Å². The van der Waals surface area contributed by atoms with Crippen LogP contribution in [0.25, 0.3) is 23.1 Å². The van der Waals surface area contributed by atoms with Gasteiger partial charge >= 0.3 is 0 Å². The smallest absolute Gasteiger partial charge is 0.203 e. The zero-order valence-corrected chi connectivity index (χ0v) is 14.7. The van der Waals surface area contributed by atoms with Gasteiger partial charge < -0.3 is 23.4 Å². The summed E-state index contributed by atoms with van der Waals surface area (Å²) in [5.74, 6) is 2.57. The Balaban J connectivity index is 1.99. The van der Waals surface area contributed by atoms with Gasteiger partial charge in [0, 0.05) is 0 Å². The number of ether oxygens (including phenoxy) is 4. The first kappa shape index (κ1) is 16.8. The topological polar surface area (TPSA) is 50.1 Å². The van der Waals surface area contributed by atoms with E-state index in [-0.39, 0.29) is 0 Å². The quantitative estimate of drug-likeness (QED) is 0.612. The van der Waals surface area contributed by atoms with E-state index in [4.69, 9.17) is 23.4 Å². The van der Waals surface area contributed by atoms with Crippen LogP contribution in [0.2, 0.25) is 0 Å². The maximum Gasteiger partial charge on any atom is 0.203 e. The van der Waals surface area contributed by atoms with E-state index >= 15 is 0 Å². The van der Waals surface area contributed by atoms with Gasteiger partial charge in [-0.1, -0.05) is 12.2 Å². The molecule has 0 bridgehead atoms. The van der Waals surface area contributed by atoms with Crippen LogP contribution in [-0.2, 0) is 0 Å². The monoisotopic (exact) mass is 340 g/mol. The van der Waals surface area contributed by atoms with Crippen molar-refractivity contribution in [3.05, 3.63) is 47.7 Å². The van der Waals surface area contributed by atoms with E-state index in [1.807, 2.05) is 42.5 Å². The van der Waals surface area contributed by atoms with Gasteiger partial charge in [0.25, 0.3) is 0 Å². The first-order chi connectivity index (χ1) is 12.2. The van der Waals surface area contributed by atoms with Crippen molar-refractivity contribution in [1.29, 1.82) is 0 Å². The molecular formula is C20H20O5. The standard InChI is InChI=1S/C20H20O5/c1-21-16-9-13(10-17-15(16)7-8-25-17)5-6-14-11-18(22-2)20(24-4)19(12-14)23-3/h5-12H,1-4H3. The molecule has 0 unspecified atom stereocenters. The molecule has 2 aromatic carbocycles. The molecule has 0 radical (unpaired) electrons. The maximum absolute atomic E-state index is 5.49. The Labute approximate surface area is 146 Å². The fourth-order valence-corrected chi connectivity index (χ4v) is 2.71. The summed E-state index contributed by atoms with van der Waals surface area (Å²) in [5.41, 5.74) is 2.67. The minimum atomic E-state index is 0.570. The molecule has 0 atom stereocenters. The molecule has 1 aromatic heterocycles. The normalized spacial score (nSPS) is 11.0. The van der Waals surface area contributed by atoms with Crippen LogP contribution in [0.1, 0.15) is 11.1 Å². The first-order valence-corrected chi connectivity index (χ1v) is 7.73. The van der Waals surface area contributed by atoms with Gasteiger partial charge in [-0.2, -0.15) is 0 Å². The Morgan fingerprint density at radius 3 is 1.84 bits per heavy atom. The summed E-state index contributed by atoms with van der Waals surface area (Å²) in [7, 11) is 6.43. The van der Waals surface area contributed by atoms with Gasteiger partial charge in [0.1, 0.15) is 11.3 Å². The molecule has 3 aromatic rings. The third-order valence-corrected chi connectivity index (χ3v) is 3.93. The lowest BCUT2D eigenvalue weighted by atomic mass is 10.1. The van der Waals surface area contributed by atoms with Crippen molar-refractivity contribution < 1.29 is 23.4 Å². The fourth-order valence-electron chi connectivity index (χ4n) is 2.71. The third kappa shape index (κ3) is 3.26. The van der Waals surface area contributed by atoms with Gasteiger partial charge in [0.15, 0.2) is 11.5 Å². The molecule has 0 saturated carbocycles. The van der Waals surface area contributed by atoms with Gasteiger partial charge in [0.2, 0.25) is 5.75 Å². The highest BCUT2D eigenvalue weighted by Crippen LogP contribution is 2.38. The van der Waals surface area contributed by atoms with E-state index in [1.54, 1.807) is 34.7 Å². The predicted molar refractivity (Wildman–Crippen MR) is 97.8 cm³/mol. The SMILES string of the molecule is COc1cc(C=Cc2cc(OC)c3ccoc3c2)cc(OC)c1OC. The van der Waals surface area contributed by atoms with E-state index in [9.17, 15) is 0 Å². The fraction of sp³-hybridized carbons (Fsp3) is 0.200. The summed E-state index contributed by atoms with van der Waals surface area (Å²) in [6.45, 7) is 0. The molecule has 0 aliphatic rings. The average molecular weight is 340 g/mol. The highest BCUT2D eigenvalue weighted by Gasteiger charge is 2.12. The number of benzene rings is 2. The molecule has 0 aliphatic carbocycles. The molecule has 5 nitrogen and oxygen atoms in total. The van der Waals surface area contributed by atoms with Crippen LogP contribution in [0.15, 0.2) is 41.0 Å². The summed E-state index contributed by atoms with van der Waals surface area (Å²) in [6, 6.07) is 9.60. The molecule has 3 rings (SSSR count). The molecule has 0 fully saturated rings. The Kier molecular flexibility index (Phi) is 4.84. The Hall–Kier alpha value is -3.08. The summed E-state index contributed by atoms with van der Waals surface area (Å²) in [4.78, 5) is 0. The first-order valence-electron chi connectivity index (χ1n) is 7.73. The van der Waals surface area contributed by atoms with E-state index in [2.05, 4.69) is 0 Å². The third-order valence-electron chi connectivity index (χ3n) is 3.93. The zero-order valence-electron chi connectivity index (χ0n) is 14.7. The van der Waals surface area contributed by atoms with Crippen LogP contribution in [0.5, 0.6) is 23.0 Å². The number of furan rings is 1. The summed E-state index contributed by atoms with van der Waals surface area (Å²) in [5, 5.41) is 0.951. The van der Waals surface area contributed by atoms with Crippen LogP contribution in [0.3, 0.4) is 0 Å². The number of rotatable bonds is 6. The van der Waals surface area contributed by atoms with Gasteiger partial charge in [-0.15, -0.1) is 0 Å². The van der Waals surface area contributed by atoms with Gasteiger partial charge in [-0.25, -0.2) is 0 Å². The summed E-state index contributed by atoms with van der Waals surface area (Å²) >= 11 is 0. The average Bonchev–Trinajstić information content (AvgIpc) is 3.13. The molecule has 0 saturated heterocycles. The van der Waals surface area contributed by atoms with Crippen molar-refractivity contribution in [2.45, 2.75) is 0 Å². The lowest BCUT2D eigenvalue weighted by molar-refractivity contribution is 0.324. The summed E-state index contributed by atoms with van der Waals surface area (Å²) < 4.78 is 27.0. The van der Waals surface area contributed by atoms with Crippen molar-refractivity contribution in [3.63, 3.8) is 0 Å². The van der Waals surface area contributed by atoms with Crippen molar-refractivity contribution in [2.75, 3.05) is 28.4 Å². The molecule has 5 heteroatoms. The number of hydrogen-bond donors (Lipinski definition) is 0.